The van der Waals surface area contributed by atoms with E-state index in [1.165, 1.54) is 0 Å². The third-order valence-corrected chi connectivity index (χ3v) is 3.98. The molecule has 0 radical (unpaired) electrons. The molecule has 0 aromatic carbocycles. The molecule has 0 bridgehead atoms. The lowest BCUT2D eigenvalue weighted by Gasteiger charge is -2.20. The first-order valence-electron chi connectivity index (χ1n) is 5.90. The lowest BCUT2D eigenvalue weighted by atomic mass is 9.86. The summed E-state index contributed by atoms with van der Waals surface area (Å²) in [5.74, 6) is 1.19. The summed E-state index contributed by atoms with van der Waals surface area (Å²) >= 11 is 0. The molecule has 0 heterocycles. The topological polar surface area (TPSA) is 63.3 Å². The summed E-state index contributed by atoms with van der Waals surface area (Å²) in [4.78, 5) is 11.0. The maximum atomic E-state index is 11.0. The van der Waals surface area contributed by atoms with Crippen molar-refractivity contribution in [3.05, 3.63) is 0 Å². The molecule has 1 rings (SSSR count). The largest absolute Gasteiger partial charge is 0.481 e. The predicted molar refractivity (Wildman–Crippen MR) is 60.4 cm³/mol. The van der Waals surface area contributed by atoms with Gasteiger partial charge in [-0.3, -0.25) is 4.79 Å². The van der Waals surface area contributed by atoms with Crippen LogP contribution < -0.4 is 5.73 Å². The molecule has 1 aliphatic rings. The number of carboxylic acids is 1. The van der Waals surface area contributed by atoms with Crippen LogP contribution >= 0.6 is 0 Å². The van der Waals surface area contributed by atoms with E-state index in [-0.39, 0.29) is 18.4 Å². The average Bonchev–Trinajstić information content (AvgIpc) is 2.48. The molecule has 15 heavy (non-hydrogen) atoms. The number of rotatable bonds is 4. The van der Waals surface area contributed by atoms with Gasteiger partial charge in [0.05, 0.1) is 5.92 Å². The molecular weight excluding hydrogens is 190 g/mol. The first-order chi connectivity index (χ1) is 6.97. The summed E-state index contributed by atoms with van der Waals surface area (Å²) in [6.07, 6.45) is 2.06. The van der Waals surface area contributed by atoms with Crippen molar-refractivity contribution in [3.63, 3.8) is 0 Å². The summed E-state index contributed by atoms with van der Waals surface area (Å²) in [5.41, 5.74) is 5.54. The molecule has 0 aromatic heterocycles. The van der Waals surface area contributed by atoms with E-state index in [1.807, 2.05) is 0 Å². The summed E-state index contributed by atoms with van der Waals surface area (Å²) in [5, 5.41) is 9.06. The van der Waals surface area contributed by atoms with Crippen molar-refractivity contribution in [1.82, 2.24) is 0 Å². The van der Waals surface area contributed by atoms with Gasteiger partial charge in [-0.05, 0) is 36.5 Å². The number of carboxylic acid groups (broad SMARTS) is 1. The van der Waals surface area contributed by atoms with Gasteiger partial charge in [-0.15, -0.1) is 0 Å². The molecule has 0 amide bonds. The molecule has 0 aliphatic heterocycles. The van der Waals surface area contributed by atoms with Crippen LogP contribution in [0.25, 0.3) is 0 Å². The summed E-state index contributed by atoms with van der Waals surface area (Å²) < 4.78 is 0. The van der Waals surface area contributed by atoms with Gasteiger partial charge >= 0.3 is 5.97 Å². The van der Waals surface area contributed by atoms with E-state index in [4.69, 9.17) is 10.8 Å². The van der Waals surface area contributed by atoms with Crippen LogP contribution in [0.1, 0.15) is 33.6 Å². The van der Waals surface area contributed by atoms with E-state index in [0.29, 0.717) is 17.8 Å². The van der Waals surface area contributed by atoms with Crippen LogP contribution in [0.3, 0.4) is 0 Å². The fraction of sp³-hybridized carbons (Fsp3) is 0.917. The first-order valence-corrected chi connectivity index (χ1v) is 5.90. The van der Waals surface area contributed by atoms with Gasteiger partial charge in [-0.1, -0.05) is 20.8 Å². The number of hydrogen-bond donors (Lipinski definition) is 2. The number of aliphatic carboxylic acids is 1. The maximum Gasteiger partial charge on any atom is 0.308 e. The van der Waals surface area contributed by atoms with Crippen LogP contribution in [-0.4, -0.2) is 17.6 Å². The Morgan fingerprint density at radius 1 is 1.47 bits per heavy atom. The molecule has 1 fully saturated rings. The SMILES string of the molecule is CC(C)C1CC(C(CN)C(=O)O)CC1C. The maximum absolute atomic E-state index is 11.0. The van der Waals surface area contributed by atoms with E-state index >= 15 is 0 Å². The zero-order valence-electron chi connectivity index (χ0n) is 9.94. The fourth-order valence-electron chi connectivity index (χ4n) is 3.08. The lowest BCUT2D eigenvalue weighted by molar-refractivity contribution is -0.143. The van der Waals surface area contributed by atoms with Crippen molar-refractivity contribution in [3.8, 4) is 0 Å². The van der Waals surface area contributed by atoms with Gasteiger partial charge in [-0.25, -0.2) is 0 Å². The van der Waals surface area contributed by atoms with Gasteiger partial charge in [0.15, 0.2) is 0 Å². The Balaban J connectivity index is 2.64. The molecule has 0 spiro atoms. The Bertz CT molecular complexity index is 228. The summed E-state index contributed by atoms with van der Waals surface area (Å²) in [6.45, 7) is 6.96. The molecular formula is C12H23NO2. The minimum atomic E-state index is -0.723. The van der Waals surface area contributed by atoms with E-state index in [1.54, 1.807) is 0 Å². The molecule has 3 N–H and O–H groups in total. The van der Waals surface area contributed by atoms with Gasteiger partial charge in [0.2, 0.25) is 0 Å². The zero-order chi connectivity index (χ0) is 11.6. The molecule has 4 atom stereocenters. The molecule has 3 nitrogen and oxygen atoms in total. The number of hydrogen-bond acceptors (Lipinski definition) is 2. The van der Waals surface area contributed by atoms with Crippen LogP contribution in [0.4, 0.5) is 0 Å². The normalized spacial score (nSPS) is 33.3. The highest BCUT2D eigenvalue weighted by Crippen LogP contribution is 2.43. The van der Waals surface area contributed by atoms with Gasteiger partial charge < -0.3 is 10.8 Å². The third-order valence-electron chi connectivity index (χ3n) is 3.98. The molecule has 4 unspecified atom stereocenters. The zero-order valence-corrected chi connectivity index (χ0v) is 9.94. The fourth-order valence-corrected chi connectivity index (χ4v) is 3.08. The molecule has 0 aromatic rings. The van der Waals surface area contributed by atoms with Crippen LogP contribution in [0, 0.1) is 29.6 Å². The van der Waals surface area contributed by atoms with Crippen molar-refractivity contribution in [2.45, 2.75) is 33.6 Å². The molecule has 1 saturated carbocycles. The minimum Gasteiger partial charge on any atom is -0.481 e. The predicted octanol–water partition coefficient (Wildman–Crippen LogP) is 1.96. The second-order valence-corrected chi connectivity index (χ2v) is 5.30. The minimum absolute atomic E-state index is 0.275. The second-order valence-electron chi connectivity index (χ2n) is 5.30. The van der Waals surface area contributed by atoms with Gasteiger partial charge in [-0.2, -0.15) is 0 Å². The highest BCUT2D eigenvalue weighted by Gasteiger charge is 2.38. The van der Waals surface area contributed by atoms with E-state index in [2.05, 4.69) is 20.8 Å². The Labute approximate surface area is 92.0 Å². The van der Waals surface area contributed by atoms with Crippen molar-refractivity contribution in [2.75, 3.05) is 6.54 Å². The Morgan fingerprint density at radius 3 is 2.40 bits per heavy atom. The Morgan fingerprint density at radius 2 is 2.07 bits per heavy atom. The van der Waals surface area contributed by atoms with Crippen LogP contribution in [0.15, 0.2) is 0 Å². The van der Waals surface area contributed by atoms with Crippen molar-refractivity contribution < 1.29 is 9.90 Å². The molecule has 3 heteroatoms. The lowest BCUT2D eigenvalue weighted by Crippen LogP contribution is -2.29. The van der Waals surface area contributed by atoms with E-state index in [0.717, 1.165) is 12.8 Å². The smallest absolute Gasteiger partial charge is 0.308 e. The van der Waals surface area contributed by atoms with Crippen molar-refractivity contribution >= 4 is 5.97 Å². The van der Waals surface area contributed by atoms with Crippen molar-refractivity contribution in [2.24, 2.45) is 35.3 Å². The monoisotopic (exact) mass is 213 g/mol. The molecule has 1 aliphatic carbocycles. The second kappa shape index (κ2) is 4.97. The highest BCUT2D eigenvalue weighted by molar-refractivity contribution is 5.70. The van der Waals surface area contributed by atoms with E-state index in [9.17, 15) is 4.79 Å². The summed E-state index contributed by atoms with van der Waals surface area (Å²) in [6, 6.07) is 0. The van der Waals surface area contributed by atoms with Crippen molar-refractivity contribution in [1.29, 1.82) is 0 Å². The quantitative estimate of drug-likeness (QED) is 0.750. The molecule has 88 valence electrons. The average molecular weight is 213 g/mol. The summed E-state index contributed by atoms with van der Waals surface area (Å²) in [7, 11) is 0. The van der Waals surface area contributed by atoms with Crippen LogP contribution in [0.2, 0.25) is 0 Å². The third kappa shape index (κ3) is 2.71. The molecule has 0 saturated heterocycles. The standard InChI is InChI=1S/C12H23NO2/c1-7(2)10-5-9(4-8(10)3)11(6-13)12(14)15/h7-11H,4-6,13H2,1-3H3,(H,14,15). The number of nitrogens with two attached hydrogens (primary N) is 1. The van der Waals surface area contributed by atoms with Gasteiger partial charge in [0.1, 0.15) is 0 Å². The Kier molecular flexibility index (Phi) is 4.14. The van der Waals surface area contributed by atoms with E-state index < -0.39 is 5.97 Å². The van der Waals surface area contributed by atoms with Gasteiger partial charge in [0.25, 0.3) is 0 Å². The Hall–Kier alpha value is -0.570. The van der Waals surface area contributed by atoms with Crippen LogP contribution in [-0.2, 0) is 4.79 Å². The first kappa shape index (κ1) is 12.5. The van der Waals surface area contributed by atoms with Crippen LogP contribution in [0.5, 0.6) is 0 Å². The van der Waals surface area contributed by atoms with Gasteiger partial charge in [0, 0.05) is 6.54 Å². The highest BCUT2D eigenvalue weighted by atomic mass is 16.4. The number of carbonyl (C=O) groups is 1.